The number of carbonyl (C=O) groups excluding carboxylic acids is 1. The largest absolute Gasteiger partial charge is 0.335 e. The van der Waals surface area contributed by atoms with E-state index in [1.54, 1.807) is 12.1 Å². The molecule has 0 spiro atoms. The van der Waals surface area contributed by atoms with Crippen molar-refractivity contribution in [2.45, 2.75) is 30.2 Å². The van der Waals surface area contributed by atoms with Gasteiger partial charge < -0.3 is 15.5 Å². The monoisotopic (exact) mass is 447 g/mol. The molecular formula is C21H29N5O4S. The van der Waals surface area contributed by atoms with Crippen molar-refractivity contribution in [3.63, 3.8) is 0 Å². The van der Waals surface area contributed by atoms with Crippen LogP contribution in [0.15, 0.2) is 53.7 Å². The SMILES string of the molecule is CON(C)S(=O)(=O)c1ccc(NC(=O)NC2CCN(CCc3ccncc3)CC2)cc1. The van der Waals surface area contributed by atoms with Gasteiger partial charge in [0.25, 0.3) is 10.0 Å². The molecule has 0 radical (unpaired) electrons. The van der Waals surface area contributed by atoms with Crippen molar-refractivity contribution in [3.8, 4) is 0 Å². The van der Waals surface area contributed by atoms with E-state index in [0.717, 1.165) is 43.4 Å². The number of benzene rings is 1. The highest BCUT2D eigenvalue weighted by Crippen LogP contribution is 2.18. The molecule has 1 aliphatic rings. The number of urea groups is 1. The topological polar surface area (TPSA) is 104 Å². The lowest BCUT2D eigenvalue weighted by Crippen LogP contribution is -2.46. The second-order valence-electron chi connectivity index (χ2n) is 7.44. The van der Waals surface area contributed by atoms with Crippen molar-refractivity contribution in [2.75, 3.05) is 39.1 Å². The molecule has 9 nitrogen and oxygen atoms in total. The molecular weight excluding hydrogens is 418 g/mol. The Labute approximate surface area is 183 Å². The summed E-state index contributed by atoms with van der Waals surface area (Å²) in [6.45, 7) is 2.88. The van der Waals surface area contributed by atoms with E-state index in [0.29, 0.717) is 5.69 Å². The van der Waals surface area contributed by atoms with Gasteiger partial charge in [0.1, 0.15) is 0 Å². The van der Waals surface area contributed by atoms with E-state index in [1.807, 2.05) is 24.5 Å². The van der Waals surface area contributed by atoms with Gasteiger partial charge in [-0.1, -0.05) is 4.47 Å². The van der Waals surface area contributed by atoms with E-state index in [4.69, 9.17) is 4.84 Å². The first kappa shape index (κ1) is 23.1. The minimum absolute atomic E-state index is 0.0851. The Balaban J connectivity index is 1.42. The summed E-state index contributed by atoms with van der Waals surface area (Å²) in [4.78, 5) is 23.6. The van der Waals surface area contributed by atoms with Gasteiger partial charge in [-0.25, -0.2) is 13.2 Å². The first-order chi connectivity index (χ1) is 14.9. The number of rotatable bonds is 8. The minimum Gasteiger partial charge on any atom is -0.335 e. The second kappa shape index (κ2) is 10.7. The minimum atomic E-state index is -3.71. The molecule has 3 rings (SSSR count). The van der Waals surface area contributed by atoms with Crippen LogP contribution in [0, 0.1) is 0 Å². The summed E-state index contributed by atoms with van der Waals surface area (Å²) in [5, 5.41) is 5.76. The van der Waals surface area contributed by atoms with Crippen LogP contribution in [0.3, 0.4) is 0 Å². The summed E-state index contributed by atoms with van der Waals surface area (Å²) in [5.74, 6) is 0. The number of nitrogens with one attached hydrogen (secondary N) is 2. The third kappa shape index (κ3) is 6.47. The smallest absolute Gasteiger partial charge is 0.319 e. The fraction of sp³-hybridized carbons (Fsp3) is 0.429. The highest BCUT2D eigenvalue weighted by molar-refractivity contribution is 7.89. The molecule has 0 aliphatic carbocycles. The van der Waals surface area contributed by atoms with Crippen molar-refractivity contribution in [1.29, 1.82) is 0 Å². The first-order valence-corrected chi connectivity index (χ1v) is 11.6. The van der Waals surface area contributed by atoms with Crippen molar-refractivity contribution in [1.82, 2.24) is 19.7 Å². The molecule has 0 atom stereocenters. The molecule has 10 heteroatoms. The zero-order chi connectivity index (χ0) is 22.3. The predicted molar refractivity (Wildman–Crippen MR) is 118 cm³/mol. The van der Waals surface area contributed by atoms with Gasteiger partial charge in [0.05, 0.1) is 12.0 Å². The Morgan fingerprint density at radius 2 is 1.81 bits per heavy atom. The molecule has 1 aliphatic heterocycles. The number of hydrogen-bond donors (Lipinski definition) is 2. The van der Waals surface area contributed by atoms with Crippen molar-refractivity contribution in [2.24, 2.45) is 0 Å². The van der Waals surface area contributed by atoms with E-state index >= 15 is 0 Å². The molecule has 168 valence electrons. The van der Waals surface area contributed by atoms with E-state index in [2.05, 4.69) is 20.5 Å². The number of piperidine rings is 1. The molecule has 2 heterocycles. The predicted octanol–water partition coefficient (Wildman–Crippen LogP) is 2.09. The molecule has 1 aromatic heterocycles. The van der Waals surface area contributed by atoms with Crippen LogP contribution in [0.5, 0.6) is 0 Å². The number of likely N-dealkylation sites (tertiary alicyclic amines) is 1. The van der Waals surface area contributed by atoms with Gasteiger partial charge in [0.2, 0.25) is 0 Å². The van der Waals surface area contributed by atoms with Crippen LogP contribution in [0.1, 0.15) is 18.4 Å². The molecule has 2 aromatic rings. The molecule has 1 saturated heterocycles. The van der Waals surface area contributed by atoms with Gasteiger partial charge in [-0.15, -0.1) is 0 Å². The van der Waals surface area contributed by atoms with Crippen LogP contribution < -0.4 is 10.6 Å². The molecule has 31 heavy (non-hydrogen) atoms. The summed E-state index contributed by atoms with van der Waals surface area (Å²) in [6, 6.07) is 9.87. The Bertz CT molecular complexity index is 945. The molecule has 0 unspecified atom stereocenters. The Morgan fingerprint density at radius 3 is 2.42 bits per heavy atom. The number of hydrogen-bond acceptors (Lipinski definition) is 6. The molecule has 2 N–H and O–H groups in total. The van der Waals surface area contributed by atoms with Crippen LogP contribution in [-0.4, -0.2) is 68.6 Å². The Kier molecular flexibility index (Phi) is 7.97. The quantitative estimate of drug-likeness (QED) is 0.601. The Hall–Kier alpha value is -2.53. The van der Waals surface area contributed by atoms with Gasteiger partial charge >= 0.3 is 6.03 Å². The number of hydroxylamine groups is 1. The maximum Gasteiger partial charge on any atom is 0.319 e. The molecule has 2 amide bonds. The van der Waals surface area contributed by atoms with Crippen LogP contribution >= 0.6 is 0 Å². The van der Waals surface area contributed by atoms with Crippen molar-refractivity contribution in [3.05, 3.63) is 54.4 Å². The van der Waals surface area contributed by atoms with E-state index in [9.17, 15) is 13.2 Å². The van der Waals surface area contributed by atoms with Gasteiger partial charge in [0.15, 0.2) is 0 Å². The first-order valence-electron chi connectivity index (χ1n) is 10.2. The maximum atomic E-state index is 12.3. The van der Waals surface area contributed by atoms with Gasteiger partial charge in [0, 0.05) is 50.8 Å². The van der Waals surface area contributed by atoms with Gasteiger partial charge in [-0.05, 0) is 61.2 Å². The lowest BCUT2D eigenvalue weighted by molar-refractivity contribution is -0.0258. The maximum absolute atomic E-state index is 12.3. The highest BCUT2D eigenvalue weighted by atomic mass is 32.2. The molecule has 1 aromatic carbocycles. The highest BCUT2D eigenvalue weighted by Gasteiger charge is 2.22. The molecule has 0 saturated carbocycles. The lowest BCUT2D eigenvalue weighted by Gasteiger charge is -2.32. The summed E-state index contributed by atoms with van der Waals surface area (Å²) in [5.41, 5.74) is 1.80. The van der Waals surface area contributed by atoms with Gasteiger partial charge in [-0.2, -0.15) is 0 Å². The lowest BCUT2D eigenvalue weighted by atomic mass is 10.0. The van der Waals surface area contributed by atoms with Crippen LogP contribution in [0.4, 0.5) is 10.5 Å². The molecule has 0 bridgehead atoms. The average molecular weight is 448 g/mol. The third-order valence-corrected chi connectivity index (χ3v) is 7.09. The van der Waals surface area contributed by atoms with E-state index in [1.165, 1.54) is 31.9 Å². The molecule has 1 fully saturated rings. The van der Waals surface area contributed by atoms with Crippen LogP contribution in [0.2, 0.25) is 0 Å². The zero-order valence-corrected chi connectivity index (χ0v) is 18.6. The number of amides is 2. The van der Waals surface area contributed by atoms with Crippen LogP contribution in [0.25, 0.3) is 0 Å². The summed E-state index contributed by atoms with van der Waals surface area (Å²) in [6.07, 6.45) is 6.41. The van der Waals surface area contributed by atoms with E-state index < -0.39 is 10.0 Å². The van der Waals surface area contributed by atoms with Crippen molar-refractivity contribution >= 4 is 21.7 Å². The number of pyridine rings is 1. The standard InChI is InChI=1S/C21H29N5O4S/c1-25(30-2)31(28,29)20-5-3-18(4-6-20)23-21(27)24-19-10-15-26(16-11-19)14-9-17-7-12-22-13-8-17/h3-8,12-13,19H,9-11,14-16H2,1-2H3,(H2,23,24,27). The summed E-state index contributed by atoms with van der Waals surface area (Å²) >= 11 is 0. The van der Waals surface area contributed by atoms with Crippen LogP contribution in [-0.2, 0) is 21.3 Å². The summed E-state index contributed by atoms with van der Waals surface area (Å²) < 4.78 is 25.2. The second-order valence-corrected chi connectivity index (χ2v) is 9.38. The third-order valence-electron chi connectivity index (χ3n) is 5.39. The average Bonchev–Trinajstić information content (AvgIpc) is 2.79. The number of carbonyl (C=O) groups is 1. The number of nitrogens with zero attached hydrogens (tertiary/aromatic N) is 3. The Morgan fingerprint density at radius 1 is 1.16 bits per heavy atom. The number of sulfonamides is 1. The van der Waals surface area contributed by atoms with Gasteiger partial charge in [-0.3, -0.25) is 9.82 Å². The number of anilines is 1. The number of aromatic nitrogens is 1. The fourth-order valence-electron chi connectivity index (χ4n) is 3.45. The normalized spacial score (nSPS) is 15.7. The van der Waals surface area contributed by atoms with E-state index in [-0.39, 0.29) is 17.0 Å². The zero-order valence-electron chi connectivity index (χ0n) is 17.8. The van der Waals surface area contributed by atoms with Crippen molar-refractivity contribution < 1.29 is 18.0 Å². The fourth-order valence-corrected chi connectivity index (χ4v) is 4.42. The summed E-state index contributed by atoms with van der Waals surface area (Å²) in [7, 11) is -1.11.